The Morgan fingerprint density at radius 3 is 2.42 bits per heavy atom. The van der Waals surface area contributed by atoms with Gasteiger partial charge in [-0.1, -0.05) is 19.8 Å². The van der Waals surface area contributed by atoms with Crippen LogP contribution < -0.4 is 5.32 Å². The van der Waals surface area contributed by atoms with Crippen molar-refractivity contribution in [2.45, 2.75) is 96.9 Å². The van der Waals surface area contributed by atoms with Crippen LogP contribution in [0.5, 0.6) is 0 Å². The molecule has 1 N–H and O–H groups in total. The first-order valence-electron chi connectivity index (χ1n) is 11.6. The highest BCUT2D eigenvalue weighted by Crippen LogP contribution is 2.25. The molecule has 0 saturated carbocycles. The van der Waals surface area contributed by atoms with Crippen molar-refractivity contribution in [1.82, 2.24) is 10.2 Å². The van der Waals surface area contributed by atoms with E-state index < -0.39 is 0 Å². The van der Waals surface area contributed by atoms with E-state index in [4.69, 9.17) is 12.8 Å². The summed E-state index contributed by atoms with van der Waals surface area (Å²) in [4.78, 5) is 38.5. The summed E-state index contributed by atoms with van der Waals surface area (Å²) in [5.41, 5.74) is 0.940. The number of amides is 3. The molecule has 0 bridgehead atoms. The van der Waals surface area contributed by atoms with Crippen LogP contribution in [0.4, 0.5) is 0 Å². The zero-order valence-corrected chi connectivity index (χ0v) is 19.3. The van der Waals surface area contributed by atoms with Crippen LogP contribution in [0.25, 0.3) is 0 Å². The van der Waals surface area contributed by atoms with E-state index in [1.807, 2.05) is 13.8 Å². The minimum Gasteiger partial charge on any atom is -0.356 e. The number of carbonyl (C=O) groups excluding carboxylic acids is 3. The molecule has 0 radical (unpaired) electrons. The second kappa shape index (κ2) is 15.3. The van der Waals surface area contributed by atoms with Gasteiger partial charge in [-0.3, -0.25) is 19.3 Å². The molecule has 0 aromatic heterocycles. The zero-order valence-electron chi connectivity index (χ0n) is 19.3. The van der Waals surface area contributed by atoms with E-state index in [0.29, 0.717) is 13.0 Å². The molecular weight excluding hydrogens is 388 g/mol. The van der Waals surface area contributed by atoms with Crippen molar-refractivity contribution >= 4 is 17.7 Å². The molecule has 2 atom stereocenters. The number of nitrogens with one attached hydrogen (secondary N) is 1. The Balaban J connectivity index is 2.32. The maximum Gasteiger partial charge on any atom is 0.253 e. The Morgan fingerprint density at radius 2 is 1.74 bits per heavy atom. The average Bonchev–Trinajstić information content (AvgIpc) is 3.03. The summed E-state index contributed by atoms with van der Waals surface area (Å²) in [6.45, 7) is 4.46. The lowest BCUT2D eigenvalue weighted by molar-refractivity contribution is -0.142. The van der Waals surface area contributed by atoms with E-state index in [9.17, 15) is 14.4 Å². The Bertz CT molecular complexity index is 711. The fourth-order valence-electron chi connectivity index (χ4n) is 3.83. The van der Waals surface area contributed by atoms with Gasteiger partial charge >= 0.3 is 0 Å². The summed E-state index contributed by atoms with van der Waals surface area (Å²) in [6, 6.07) is -0.156. The van der Waals surface area contributed by atoms with Gasteiger partial charge in [0.05, 0.1) is 6.04 Å². The van der Waals surface area contributed by atoms with E-state index in [0.717, 1.165) is 76.2 Å². The molecule has 0 saturated heterocycles. The molecule has 1 aliphatic rings. The summed E-state index contributed by atoms with van der Waals surface area (Å²) in [5.74, 6) is 4.98. The summed E-state index contributed by atoms with van der Waals surface area (Å²) in [5, 5.41) is 2.99. The van der Waals surface area contributed by atoms with Crippen molar-refractivity contribution < 1.29 is 14.4 Å². The first-order chi connectivity index (χ1) is 14.9. The van der Waals surface area contributed by atoms with E-state index in [1.165, 1.54) is 4.90 Å². The number of unbranched alkanes of at least 4 members (excludes halogenated alkanes) is 6. The molecule has 0 aliphatic carbocycles. The van der Waals surface area contributed by atoms with Gasteiger partial charge in [0, 0.05) is 37.8 Å². The molecule has 5 heteroatoms. The van der Waals surface area contributed by atoms with Crippen molar-refractivity contribution in [3.8, 4) is 24.7 Å². The SMILES string of the molecule is C#CCCCCCC(=O)N1C(=O)C=C(C)[C@@H]1CCCCNC(=O)[C@H](C)CCCCC#C. The van der Waals surface area contributed by atoms with Gasteiger partial charge < -0.3 is 5.32 Å². The van der Waals surface area contributed by atoms with Gasteiger partial charge in [-0.2, -0.15) is 0 Å². The number of nitrogens with zero attached hydrogens (tertiary/aromatic N) is 1. The molecule has 0 spiro atoms. The third-order valence-corrected chi connectivity index (χ3v) is 5.77. The number of terminal acetylenes is 2. The summed E-state index contributed by atoms with van der Waals surface area (Å²) in [6.07, 6.45) is 21.7. The summed E-state index contributed by atoms with van der Waals surface area (Å²) in [7, 11) is 0. The minimum absolute atomic E-state index is 0.0100. The van der Waals surface area contributed by atoms with Gasteiger partial charge in [-0.05, 0) is 57.4 Å². The van der Waals surface area contributed by atoms with Crippen LogP contribution in [0, 0.1) is 30.6 Å². The number of rotatable bonds is 15. The van der Waals surface area contributed by atoms with Crippen molar-refractivity contribution in [3.05, 3.63) is 11.6 Å². The second-order valence-corrected chi connectivity index (χ2v) is 8.41. The standard InChI is InChI=1S/C26H38N2O3/c1-5-7-9-11-13-18-24(29)28-23(22(4)20-25(28)30)17-14-15-19-27-26(31)21(3)16-12-10-8-6-2/h1-2,20-21,23H,7-19H2,3-4H3,(H,27,31)/t21-,23+/m1/s1. The van der Waals surface area contributed by atoms with Crippen LogP contribution in [-0.2, 0) is 14.4 Å². The molecule has 0 aromatic rings. The molecule has 1 heterocycles. The lowest BCUT2D eigenvalue weighted by atomic mass is 10.0. The normalized spacial score (nSPS) is 16.4. The Morgan fingerprint density at radius 1 is 1.06 bits per heavy atom. The third-order valence-electron chi connectivity index (χ3n) is 5.77. The maximum absolute atomic E-state index is 12.6. The first kappa shape index (κ1) is 26.5. The minimum atomic E-state index is -0.205. The van der Waals surface area contributed by atoms with Crippen LogP contribution >= 0.6 is 0 Å². The molecule has 5 nitrogen and oxygen atoms in total. The predicted octanol–water partition coefficient (Wildman–Crippen LogP) is 4.37. The fraction of sp³-hybridized carbons (Fsp3) is 0.654. The molecular formula is C26H38N2O3. The molecule has 0 unspecified atom stereocenters. The van der Waals surface area contributed by atoms with Gasteiger partial charge in [0.25, 0.3) is 5.91 Å². The number of carbonyl (C=O) groups is 3. The van der Waals surface area contributed by atoms with Crippen molar-refractivity contribution in [3.63, 3.8) is 0 Å². The quantitative estimate of drug-likeness (QED) is 0.312. The third kappa shape index (κ3) is 9.88. The average molecular weight is 427 g/mol. The Labute approximate surface area is 188 Å². The topological polar surface area (TPSA) is 66.5 Å². The lowest BCUT2D eigenvalue weighted by Gasteiger charge is -2.25. The van der Waals surface area contributed by atoms with Crippen LogP contribution in [0.3, 0.4) is 0 Å². The van der Waals surface area contributed by atoms with Crippen molar-refractivity contribution in [2.24, 2.45) is 5.92 Å². The van der Waals surface area contributed by atoms with Gasteiger partial charge in [0.15, 0.2) is 0 Å². The molecule has 31 heavy (non-hydrogen) atoms. The molecule has 3 amide bonds. The van der Waals surface area contributed by atoms with E-state index in [1.54, 1.807) is 6.08 Å². The van der Waals surface area contributed by atoms with E-state index in [2.05, 4.69) is 17.2 Å². The summed E-state index contributed by atoms with van der Waals surface area (Å²) >= 11 is 0. The molecule has 170 valence electrons. The largest absolute Gasteiger partial charge is 0.356 e. The molecule has 1 rings (SSSR count). The maximum atomic E-state index is 12.6. The van der Waals surface area contributed by atoms with E-state index >= 15 is 0 Å². The van der Waals surface area contributed by atoms with Crippen LogP contribution in [0.15, 0.2) is 11.6 Å². The highest BCUT2D eigenvalue weighted by Gasteiger charge is 2.34. The molecule has 0 aromatic carbocycles. The van der Waals surface area contributed by atoms with Crippen molar-refractivity contribution in [1.29, 1.82) is 0 Å². The van der Waals surface area contributed by atoms with Crippen LogP contribution in [-0.4, -0.2) is 35.2 Å². The highest BCUT2D eigenvalue weighted by atomic mass is 16.2. The predicted molar refractivity (Wildman–Crippen MR) is 125 cm³/mol. The van der Waals surface area contributed by atoms with Gasteiger partial charge in [-0.25, -0.2) is 0 Å². The number of hydrogen-bond donors (Lipinski definition) is 1. The fourth-order valence-corrected chi connectivity index (χ4v) is 3.83. The zero-order chi connectivity index (χ0) is 23.1. The van der Waals surface area contributed by atoms with Crippen LogP contribution in [0.1, 0.15) is 90.9 Å². The first-order valence-corrected chi connectivity index (χ1v) is 11.6. The number of hydrogen-bond acceptors (Lipinski definition) is 3. The molecule has 1 aliphatic heterocycles. The highest BCUT2D eigenvalue weighted by molar-refractivity contribution is 6.04. The monoisotopic (exact) mass is 426 g/mol. The summed E-state index contributed by atoms with van der Waals surface area (Å²) < 4.78 is 0. The Hall–Kier alpha value is -2.53. The van der Waals surface area contributed by atoms with E-state index in [-0.39, 0.29) is 29.7 Å². The second-order valence-electron chi connectivity index (χ2n) is 8.41. The lowest BCUT2D eigenvalue weighted by Crippen LogP contribution is -2.40. The Kier molecular flexibility index (Phi) is 13.1. The van der Waals surface area contributed by atoms with Gasteiger partial charge in [-0.15, -0.1) is 24.7 Å². The van der Waals surface area contributed by atoms with Crippen molar-refractivity contribution in [2.75, 3.05) is 6.54 Å². The smallest absolute Gasteiger partial charge is 0.253 e. The number of imide groups is 1. The van der Waals surface area contributed by atoms with Gasteiger partial charge in [0.1, 0.15) is 0 Å². The van der Waals surface area contributed by atoms with Gasteiger partial charge in [0.2, 0.25) is 11.8 Å². The van der Waals surface area contributed by atoms with Crippen LogP contribution in [0.2, 0.25) is 0 Å². The molecule has 0 fully saturated rings.